The molecular weight excluding hydrogens is 226 g/mol. The first-order valence-electron chi connectivity index (χ1n) is 5.10. The van der Waals surface area contributed by atoms with E-state index in [2.05, 4.69) is 4.72 Å². The van der Waals surface area contributed by atoms with Gasteiger partial charge in [0, 0.05) is 0 Å². The van der Waals surface area contributed by atoms with Crippen molar-refractivity contribution in [1.29, 1.82) is 0 Å². The molecule has 5 N–H and O–H groups in total. The molecule has 0 amide bonds. The monoisotopic (exact) mass is 245 g/mol. The highest BCUT2D eigenvalue weighted by atomic mass is 32.2. The smallest absolute Gasteiger partial charge is 0.232 e. The fourth-order valence-electron chi connectivity index (χ4n) is 0.890. The lowest BCUT2D eigenvalue weighted by atomic mass is 10.2. The van der Waals surface area contributed by atoms with Gasteiger partial charge in [0.1, 0.15) is 0 Å². The Kier molecular flexibility index (Phi) is 5.66. The van der Waals surface area contributed by atoms with Crippen LogP contribution in [0.5, 0.6) is 0 Å². The predicted octanol–water partition coefficient (Wildman–Crippen LogP) is 1.64. The van der Waals surface area contributed by atoms with E-state index in [9.17, 15) is 8.42 Å². The van der Waals surface area contributed by atoms with Gasteiger partial charge in [0.05, 0.1) is 22.8 Å². The van der Waals surface area contributed by atoms with Gasteiger partial charge in [-0.1, -0.05) is 13.8 Å². The second-order valence-electron chi connectivity index (χ2n) is 2.85. The molecule has 0 heterocycles. The quantitative estimate of drug-likeness (QED) is 0.705. The maximum atomic E-state index is 11.2. The molecule has 6 heteroatoms. The highest BCUT2D eigenvalue weighted by molar-refractivity contribution is 7.92. The number of rotatable bonds is 3. The molecule has 0 aromatic heterocycles. The third-order valence-electron chi connectivity index (χ3n) is 1.74. The second kappa shape index (κ2) is 6.22. The van der Waals surface area contributed by atoms with Gasteiger partial charge in [-0.25, -0.2) is 8.42 Å². The van der Waals surface area contributed by atoms with Gasteiger partial charge < -0.3 is 11.5 Å². The van der Waals surface area contributed by atoms with Crippen LogP contribution in [0.15, 0.2) is 18.2 Å². The summed E-state index contributed by atoms with van der Waals surface area (Å²) in [7, 11) is -3.25. The van der Waals surface area contributed by atoms with Gasteiger partial charge in [-0.2, -0.15) is 0 Å². The van der Waals surface area contributed by atoms with E-state index in [0.717, 1.165) is 0 Å². The zero-order valence-electron chi connectivity index (χ0n) is 9.82. The lowest BCUT2D eigenvalue weighted by Crippen LogP contribution is -2.14. The molecule has 0 atom stereocenters. The lowest BCUT2D eigenvalue weighted by Gasteiger charge is -2.07. The number of hydrogen-bond donors (Lipinski definition) is 3. The number of hydrogen-bond acceptors (Lipinski definition) is 4. The molecule has 0 unspecified atom stereocenters. The Morgan fingerprint density at radius 2 is 1.75 bits per heavy atom. The Labute approximate surface area is 96.9 Å². The van der Waals surface area contributed by atoms with Crippen LogP contribution in [0.2, 0.25) is 0 Å². The molecule has 0 bridgehead atoms. The second-order valence-corrected chi connectivity index (χ2v) is 4.86. The van der Waals surface area contributed by atoms with E-state index in [1.807, 2.05) is 13.8 Å². The minimum atomic E-state index is -3.25. The molecule has 0 fully saturated rings. The third-order valence-corrected chi connectivity index (χ3v) is 3.05. The van der Waals surface area contributed by atoms with Crippen LogP contribution >= 0.6 is 0 Å². The summed E-state index contributed by atoms with van der Waals surface area (Å²) in [6, 6.07) is 4.62. The molecule has 0 aliphatic heterocycles. The van der Waals surface area contributed by atoms with Crippen molar-refractivity contribution < 1.29 is 8.42 Å². The summed E-state index contributed by atoms with van der Waals surface area (Å²) in [5.41, 5.74) is 12.2. The topological polar surface area (TPSA) is 98.2 Å². The van der Waals surface area contributed by atoms with Gasteiger partial charge in [0.25, 0.3) is 0 Å². The van der Waals surface area contributed by atoms with Crippen LogP contribution in [-0.2, 0) is 10.0 Å². The van der Waals surface area contributed by atoms with Gasteiger partial charge in [0.2, 0.25) is 10.0 Å². The van der Waals surface area contributed by atoms with E-state index in [1.165, 1.54) is 6.07 Å². The Morgan fingerprint density at radius 3 is 2.19 bits per heavy atom. The summed E-state index contributed by atoms with van der Waals surface area (Å²) in [6.45, 7) is 5.56. The van der Waals surface area contributed by atoms with Gasteiger partial charge in [-0.05, 0) is 25.1 Å². The number of nitrogens with two attached hydrogens (primary N) is 2. The first-order valence-corrected chi connectivity index (χ1v) is 6.75. The summed E-state index contributed by atoms with van der Waals surface area (Å²) in [6.07, 6.45) is 0. The van der Waals surface area contributed by atoms with Crippen molar-refractivity contribution >= 4 is 27.1 Å². The van der Waals surface area contributed by atoms with Gasteiger partial charge in [-0.15, -0.1) is 0 Å². The van der Waals surface area contributed by atoms with Crippen LogP contribution in [0.25, 0.3) is 0 Å². The third kappa shape index (κ3) is 4.39. The molecule has 0 saturated heterocycles. The Bertz CT molecular complexity index is 430. The maximum absolute atomic E-state index is 11.2. The number of nitrogen functional groups attached to an aromatic ring is 2. The highest BCUT2D eigenvalue weighted by Gasteiger charge is 2.06. The van der Waals surface area contributed by atoms with Crippen molar-refractivity contribution in [3.8, 4) is 0 Å². The summed E-state index contributed by atoms with van der Waals surface area (Å²) in [5, 5.41) is 0. The molecule has 0 aliphatic carbocycles. The first kappa shape index (κ1) is 14.6. The van der Waals surface area contributed by atoms with Crippen molar-refractivity contribution in [2.75, 3.05) is 21.9 Å². The van der Waals surface area contributed by atoms with Gasteiger partial charge >= 0.3 is 0 Å². The van der Waals surface area contributed by atoms with Gasteiger partial charge in [-0.3, -0.25) is 4.72 Å². The molecule has 92 valence electrons. The Balaban J connectivity index is 0.00000106. The van der Waals surface area contributed by atoms with Crippen LogP contribution < -0.4 is 16.2 Å². The van der Waals surface area contributed by atoms with Crippen molar-refractivity contribution in [1.82, 2.24) is 0 Å². The zero-order valence-corrected chi connectivity index (χ0v) is 10.6. The summed E-state index contributed by atoms with van der Waals surface area (Å²) in [5.74, 6) is 0.0251. The summed E-state index contributed by atoms with van der Waals surface area (Å²) < 4.78 is 24.7. The molecule has 0 radical (unpaired) electrons. The predicted molar refractivity (Wildman–Crippen MR) is 69.7 cm³/mol. The van der Waals surface area contributed by atoms with Crippen LogP contribution in [0.3, 0.4) is 0 Å². The molecule has 1 rings (SSSR count). The van der Waals surface area contributed by atoms with Crippen LogP contribution in [0.1, 0.15) is 20.8 Å². The SMILES string of the molecule is CC.CCS(=O)(=O)Nc1ccc(N)c(N)c1. The molecule has 5 nitrogen and oxygen atoms in total. The van der Waals surface area contributed by atoms with E-state index in [1.54, 1.807) is 19.1 Å². The van der Waals surface area contributed by atoms with Crippen molar-refractivity contribution in [2.45, 2.75) is 20.8 Å². The van der Waals surface area contributed by atoms with Crippen LogP contribution in [-0.4, -0.2) is 14.2 Å². The number of anilines is 3. The summed E-state index contributed by atoms with van der Waals surface area (Å²) >= 11 is 0. The average molecular weight is 245 g/mol. The van der Waals surface area contributed by atoms with E-state index in [0.29, 0.717) is 17.1 Å². The minimum Gasteiger partial charge on any atom is -0.397 e. The first-order chi connectivity index (χ1) is 7.44. The van der Waals surface area contributed by atoms with E-state index >= 15 is 0 Å². The molecule has 1 aromatic rings. The van der Waals surface area contributed by atoms with E-state index < -0.39 is 10.0 Å². The number of nitrogens with one attached hydrogen (secondary N) is 1. The molecule has 1 aromatic carbocycles. The fourth-order valence-corrected chi connectivity index (χ4v) is 1.52. The lowest BCUT2D eigenvalue weighted by molar-refractivity contribution is 0.602. The number of sulfonamides is 1. The minimum absolute atomic E-state index is 0.0251. The molecular formula is C10H19N3O2S. The van der Waals surface area contributed by atoms with E-state index in [-0.39, 0.29) is 5.75 Å². The molecule has 0 saturated carbocycles. The van der Waals surface area contributed by atoms with Crippen molar-refractivity contribution in [2.24, 2.45) is 0 Å². The Hall–Kier alpha value is -1.43. The largest absolute Gasteiger partial charge is 0.397 e. The average Bonchev–Trinajstić information content (AvgIpc) is 2.26. The standard InChI is InChI=1S/C8H13N3O2S.C2H6/c1-2-14(12,13)11-6-3-4-7(9)8(10)5-6;1-2/h3-5,11H,2,9-10H2,1H3;1-2H3. The fraction of sp³-hybridized carbons (Fsp3) is 0.400. The van der Waals surface area contributed by atoms with Crippen molar-refractivity contribution in [3.05, 3.63) is 18.2 Å². The number of benzene rings is 1. The van der Waals surface area contributed by atoms with E-state index in [4.69, 9.17) is 11.5 Å². The van der Waals surface area contributed by atoms with Crippen LogP contribution in [0, 0.1) is 0 Å². The molecule has 0 spiro atoms. The van der Waals surface area contributed by atoms with Crippen LogP contribution in [0.4, 0.5) is 17.1 Å². The molecule has 0 aliphatic rings. The Morgan fingerprint density at radius 1 is 1.19 bits per heavy atom. The van der Waals surface area contributed by atoms with Crippen molar-refractivity contribution in [3.63, 3.8) is 0 Å². The highest BCUT2D eigenvalue weighted by Crippen LogP contribution is 2.20. The van der Waals surface area contributed by atoms with Gasteiger partial charge in [0.15, 0.2) is 0 Å². The normalized spacial score (nSPS) is 10.2. The molecule has 16 heavy (non-hydrogen) atoms. The maximum Gasteiger partial charge on any atom is 0.232 e. The zero-order chi connectivity index (χ0) is 12.8. The summed E-state index contributed by atoms with van der Waals surface area (Å²) in [4.78, 5) is 0.